The molecule has 0 N–H and O–H groups in total. The Morgan fingerprint density at radius 2 is 2.04 bits per heavy atom. The summed E-state index contributed by atoms with van der Waals surface area (Å²) in [6.07, 6.45) is 0.841. The fourth-order valence-electron chi connectivity index (χ4n) is 2.82. The quantitative estimate of drug-likeness (QED) is 0.832. The lowest BCUT2D eigenvalue weighted by atomic mass is 10.1. The summed E-state index contributed by atoms with van der Waals surface area (Å²) in [6, 6.07) is 11.3. The summed E-state index contributed by atoms with van der Waals surface area (Å²) in [5.41, 5.74) is 1.99. The summed E-state index contributed by atoms with van der Waals surface area (Å²) in [4.78, 5) is 15.0. The molecule has 0 amide bonds. The number of aromatic nitrogens is 2. The van der Waals surface area contributed by atoms with Crippen LogP contribution in [0.1, 0.15) is 18.2 Å². The van der Waals surface area contributed by atoms with Gasteiger partial charge >= 0.3 is 0 Å². The summed E-state index contributed by atoms with van der Waals surface area (Å²) < 4.78 is 13.8. The second-order valence-electron chi connectivity index (χ2n) is 5.66. The van der Waals surface area contributed by atoms with Crippen LogP contribution >= 0.6 is 0 Å². The predicted molar refractivity (Wildman–Crippen MR) is 90.9 cm³/mol. The lowest BCUT2D eigenvalue weighted by molar-refractivity contribution is 0.264. The van der Waals surface area contributed by atoms with Gasteiger partial charge in [-0.25, -0.2) is 4.68 Å². The molecule has 5 nitrogen and oxygen atoms in total. The Morgan fingerprint density at radius 3 is 2.78 bits per heavy atom. The number of nitrogens with zero attached hydrogens (tertiary/aromatic N) is 3. The van der Waals surface area contributed by atoms with Crippen LogP contribution in [0.15, 0.2) is 46.1 Å². The molecule has 2 heterocycles. The molecule has 0 fully saturated rings. The van der Waals surface area contributed by atoms with Crippen LogP contribution in [-0.4, -0.2) is 37.7 Å². The highest BCUT2D eigenvalue weighted by Crippen LogP contribution is 2.15. The molecule has 1 unspecified atom stereocenters. The molecule has 1 aliphatic rings. The zero-order valence-electron chi connectivity index (χ0n) is 13.3. The Balaban J connectivity index is 1.63. The van der Waals surface area contributed by atoms with Gasteiger partial charge in [0.15, 0.2) is 0 Å². The maximum Gasteiger partial charge on any atom is 0.267 e. The first kappa shape index (κ1) is 16.1. The van der Waals surface area contributed by atoms with Crippen molar-refractivity contribution in [2.75, 3.05) is 18.8 Å². The smallest absolute Gasteiger partial charge is 0.267 e. The van der Waals surface area contributed by atoms with E-state index in [9.17, 15) is 9.00 Å². The largest absolute Gasteiger partial charge is 0.298 e. The molecule has 0 radical (unpaired) electrons. The third-order valence-electron chi connectivity index (χ3n) is 4.12. The molecule has 0 aliphatic carbocycles. The Hall–Kier alpha value is -1.79. The Bertz CT molecular complexity index is 758. The standard InChI is InChI=1S/C17H21N3O2S/c1-2-20-17(21)12-14-13-19(9-8-16(14)18-20)10-11-23(22)15-6-4-3-5-7-15/h3-7,12H,2,8-11,13H2,1H3. The van der Waals surface area contributed by atoms with E-state index in [2.05, 4.69) is 10.00 Å². The number of benzene rings is 1. The van der Waals surface area contributed by atoms with Crippen molar-refractivity contribution in [1.82, 2.24) is 14.7 Å². The molecule has 0 saturated heterocycles. The topological polar surface area (TPSA) is 55.2 Å². The van der Waals surface area contributed by atoms with Crippen LogP contribution in [0.4, 0.5) is 0 Å². The van der Waals surface area contributed by atoms with Crippen molar-refractivity contribution in [2.24, 2.45) is 0 Å². The molecular weight excluding hydrogens is 310 g/mol. The van der Waals surface area contributed by atoms with Crippen LogP contribution in [-0.2, 0) is 30.3 Å². The molecule has 1 atom stereocenters. The SMILES string of the molecule is CCn1nc2c(cc1=O)CN(CCS(=O)c1ccccc1)CC2. The van der Waals surface area contributed by atoms with Gasteiger partial charge in [-0.2, -0.15) is 5.10 Å². The maximum absolute atomic E-state index is 12.3. The molecule has 0 saturated carbocycles. The van der Waals surface area contributed by atoms with Crippen molar-refractivity contribution in [3.63, 3.8) is 0 Å². The number of hydrogen-bond acceptors (Lipinski definition) is 4. The number of hydrogen-bond donors (Lipinski definition) is 0. The van der Waals surface area contributed by atoms with Gasteiger partial charge in [-0.3, -0.25) is 13.9 Å². The van der Waals surface area contributed by atoms with Crippen molar-refractivity contribution in [1.29, 1.82) is 0 Å². The third kappa shape index (κ3) is 3.76. The zero-order valence-corrected chi connectivity index (χ0v) is 14.1. The molecule has 122 valence electrons. The van der Waals surface area contributed by atoms with E-state index >= 15 is 0 Å². The molecule has 3 rings (SSSR count). The van der Waals surface area contributed by atoms with Crippen LogP contribution in [0.2, 0.25) is 0 Å². The van der Waals surface area contributed by atoms with Crippen LogP contribution in [0, 0.1) is 0 Å². The lowest BCUT2D eigenvalue weighted by Gasteiger charge is -2.27. The molecule has 0 bridgehead atoms. The third-order valence-corrected chi connectivity index (χ3v) is 5.47. The van der Waals surface area contributed by atoms with Crippen molar-refractivity contribution in [2.45, 2.75) is 31.3 Å². The highest BCUT2D eigenvalue weighted by molar-refractivity contribution is 7.85. The normalized spacial score (nSPS) is 16.0. The molecule has 1 aromatic heterocycles. The Labute approximate surface area is 138 Å². The van der Waals surface area contributed by atoms with Crippen LogP contribution in [0.25, 0.3) is 0 Å². The van der Waals surface area contributed by atoms with Crippen molar-refractivity contribution in [3.05, 3.63) is 58.0 Å². The van der Waals surface area contributed by atoms with Gasteiger partial charge in [0.1, 0.15) is 0 Å². The molecule has 1 aliphatic heterocycles. The van der Waals surface area contributed by atoms with Crippen LogP contribution < -0.4 is 5.56 Å². The maximum atomic E-state index is 12.3. The molecule has 1 aromatic carbocycles. The van der Waals surface area contributed by atoms with Crippen molar-refractivity contribution >= 4 is 10.8 Å². The minimum Gasteiger partial charge on any atom is -0.298 e. The van der Waals surface area contributed by atoms with Crippen molar-refractivity contribution < 1.29 is 4.21 Å². The average molecular weight is 331 g/mol. The first-order valence-corrected chi connectivity index (χ1v) is 9.25. The summed E-state index contributed by atoms with van der Waals surface area (Å²) in [5, 5.41) is 4.43. The molecular formula is C17H21N3O2S. The van der Waals surface area contributed by atoms with Gasteiger partial charge in [-0.1, -0.05) is 18.2 Å². The van der Waals surface area contributed by atoms with Gasteiger partial charge in [-0.15, -0.1) is 0 Å². The van der Waals surface area contributed by atoms with Crippen LogP contribution in [0.3, 0.4) is 0 Å². The predicted octanol–water partition coefficient (Wildman–Crippen LogP) is 1.43. The second kappa shape index (κ2) is 7.19. The number of aryl methyl sites for hydroxylation is 1. The van der Waals surface area contributed by atoms with Gasteiger partial charge in [0, 0.05) is 49.3 Å². The van der Waals surface area contributed by atoms with E-state index in [1.165, 1.54) is 4.68 Å². The first-order valence-electron chi connectivity index (χ1n) is 7.93. The van der Waals surface area contributed by atoms with Gasteiger partial charge in [0.25, 0.3) is 5.56 Å². The van der Waals surface area contributed by atoms with E-state index in [0.717, 1.165) is 35.7 Å². The van der Waals surface area contributed by atoms with Crippen LogP contribution in [0.5, 0.6) is 0 Å². The number of fused-ring (bicyclic) bond motifs is 1. The summed E-state index contributed by atoms with van der Waals surface area (Å²) in [6.45, 7) is 4.90. The summed E-state index contributed by atoms with van der Waals surface area (Å²) in [7, 11) is -0.976. The van der Waals surface area contributed by atoms with Crippen molar-refractivity contribution in [3.8, 4) is 0 Å². The van der Waals surface area contributed by atoms with E-state index in [1.807, 2.05) is 37.3 Å². The van der Waals surface area contributed by atoms with Gasteiger partial charge in [0.2, 0.25) is 0 Å². The summed E-state index contributed by atoms with van der Waals surface area (Å²) in [5.74, 6) is 0.610. The fraction of sp³-hybridized carbons (Fsp3) is 0.412. The highest BCUT2D eigenvalue weighted by Gasteiger charge is 2.19. The highest BCUT2D eigenvalue weighted by atomic mass is 32.2. The fourth-order valence-corrected chi connectivity index (χ4v) is 3.94. The van der Waals surface area contributed by atoms with Gasteiger partial charge in [0.05, 0.1) is 16.5 Å². The Morgan fingerprint density at radius 1 is 1.26 bits per heavy atom. The second-order valence-corrected chi connectivity index (χ2v) is 7.23. The molecule has 2 aromatic rings. The molecule has 6 heteroatoms. The monoisotopic (exact) mass is 331 g/mol. The minimum absolute atomic E-state index is 0.0408. The Kier molecular flexibility index (Phi) is 5.03. The van der Waals surface area contributed by atoms with Gasteiger partial charge in [-0.05, 0) is 24.6 Å². The number of rotatable bonds is 5. The van der Waals surface area contributed by atoms with E-state index in [4.69, 9.17) is 0 Å². The zero-order chi connectivity index (χ0) is 16.2. The van der Waals surface area contributed by atoms with E-state index < -0.39 is 10.8 Å². The van der Waals surface area contributed by atoms with E-state index in [-0.39, 0.29) is 5.56 Å². The summed E-state index contributed by atoms with van der Waals surface area (Å²) >= 11 is 0. The van der Waals surface area contributed by atoms with E-state index in [0.29, 0.717) is 18.8 Å². The molecule has 23 heavy (non-hydrogen) atoms. The molecule has 0 spiro atoms. The lowest BCUT2D eigenvalue weighted by Crippen LogP contribution is -2.36. The minimum atomic E-state index is -0.976. The first-order chi connectivity index (χ1) is 11.2. The average Bonchev–Trinajstić information content (AvgIpc) is 2.59. The van der Waals surface area contributed by atoms with Gasteiger partial charge < -0.3 is 0 Å². The van der Waals surface area contributed by atoms with E-state index in [1.54, 1.807) is 6.07 Å².